The summed E-state index contributed by atoms with van der Waals surface area (Å²) in [4.78, 5) is 26.0. The van der Waals surface area contributed by atoms with Gasteiger partial charge in [-0.15, -0.1) is 10.2 Å². The van der Waals surface area contributed by atoms with Crippen LogP contribution >= 0.6 is 11.8 Å². The predicted molar refractivity (Wildman–Crippen MR) is 99.3 cm³/mol. The van der Waals surface area contributed by atoms with Crippen molar-refractivity contribution in [3.05, 3.63) is 40.6 Å². The largest absolute Gasteiger partial charge is 0.497 e. The molecule has 26 heavy (non-hydrogen) atoms. The van der Waals surface area contributed by atoms with Crippen molar-refractivity contribution in [3.8, 4) is 5.75 Å². The summed E-state index contributed by atoms with van der Waals surface area (Å²) >= 11 is 1.25. The second-order valence-electron chi connectivity index (χ2n) is 5.69. The molecule has 0 N–H and O–H groups in total. The Kier molecular flexibility index (Phi) is 5.13. The van der Waals surface area contributed by atoms with Gasteiger partial charge in [0.15, 0.2) is 11.6 Å². The number of rotatable bonds is 5. The van der Waals surface area contributed by atoms with E-state index in [0.29, 0.717) is 33.8 Å². The second-order valence-corrected chi connectivity index (χ2v) is 6.66. The molecule has 0 fully saturated rings. The van der Waals surface area contributed by atoms with E-state index < -0.39 is 0 Å². The molecule has 2 heterocycles. The first kappa shape index (κ1) is 18.2. The minimum absolute atomic E-state index is 0.0402. The Hall–Kier alpha value is -2.61. The lowest BCUT2D eigenvalue weighted by molar-refractivity contribution is -0.119. The van der Waals surface area contributed by atoms with Crippen LogP contribution in [-0.2, 0) is 9.59 Å². The normalized spacial score (nSPS) is 13.6. The summed E-state index contributed by atoms with van der Waals surface area (Å²) in [6.45, 7) is 5.37. The molecule has 0 aliphatic carbocycles. The number of amides is 1. The highest BCUT2D eigenvalue weighted by atomic mass is 32.2. The second kappa shape index (κ2) is 7.33. The molecular weight excluding hydrogens is 352 g/mol. The number of benzene rings is 1. The minimum atomic E-state index is -0.137. The monoisotopic (exact) mass is 372 g/mol. The molecule has 1 aliphatic heterocycles. The van der Waals surface area contributed by atoms with Gasteiger partial charge < -0.3 is 4.74 Å². The number of hydrogen-bond donors (Lipinski definition) is 0. The van der Waals surface area contributed by atoms with E-state index in [4.69, 9.17) is 4.74 Å². The van der Waals surface area contributed by atoms with E-state index in [2.05, 4.69) is 10.2 Å². The summed E-state index contributed by atoms with van der Waals surface area (Å²) in [7, 11) is 1.59. The van der Waals surface area contributed by atoms with E-state index in [9.17, 15) is 9.59 Å². The van der Waals surface area contributed by atoms with Crippen LogP contribution in [0, 0.1) is 6.92 Å². The number of nitrogens with zero attached hydrogens (tertiary/aromatic N) is 4. The third-order valence-corrected chi connectivity index (χ3v) is 5.13. The van der Waals surface area contributed by atoms with Crippen molar-refractivity contribution in [2.45, 2.75) is 38.8 Å². The van der Waals surface area contributed by atoms with Gasteiger partial charge in [-0.1, -0.05) is 13.8 Å². The molecule has 0 spiro atoms. The maximum atomic E-state index is 12.8. The SMILES string of the molecule is CCC(=O)C1=C(c2ccc(OC)cc2)N(C(=O)CC)n2c(C)nnc2S1. The number of Topliss-reactive ketones (excluding diaryl/α,β-unsaturated/α-hetero) is 1. The number of ketones is 1. The molecule has 2 aromatic rings. The van der Waals surface area contributed by atoms with Crippen molar-refractivity contribution in [3.63, 3.8) is 0 Å². The molecule has 1 amide bonds. The van der Waals surface area contributed by atoms with Gasteiger partial charge in [-0.25, -0.2) is 9.69 Å². The van der Waals surface area contributed by atoms with Crippen LogP contribution in [0.4, 0.5) is 0 Å². The van der Waals surface area contributed by atoms with Crippen LogP contribution in [0.5, 0.6) is 5.75 Å². The predicted octanol–water partition coefficient (Wildman–Crippen LogP) is 2.92. The molecule has 3 rings (SSSR count). The first-order valence-electron chi connectivity index (χ1n) is 8.36. The number of ether oxygens (including phenoxy) is 1. The first-order chi connectivity index (χ1) is 12.5. The molecule has 0 bridgehead atoms. The molecule has 1 aromatic carbocycles. The highest BCUT2D eigenvalue weighted by molar-refractivity contribution is 8.04. The molecule has 8 heteroatoms. The van der Waals surface area contributed by atoms with Gasteiger partial charge in [-0.2, -0.15) is 0 Å². The number of methoxy groups -OCH3 is 1. The number of thioether (sulfide) groups is 1. The summed E-state index contributed by atoms with van der Waals surface area (Å²) in [6, 6.07) is 7.31. The van der Waals surface area contributed by atoms with E-state index in [1.807, 2.05) is 24.3 Å². The van der Waals surface area contributed by atoms with Crippen LogP contribution in [-0.4, -0.2) is 33.7 Å². The quantitative estimate of drug-likeness (QED) is 0.803. The standard InChI is InChI=1S/C18H20N4O3S/c1-5-14(23)17-16(12-7-9-13(25-4)10-8-12)22(15(24)6-2)21-11(3)19-20-18(21)26-17/h7-10H,5-6H2,1-4H3. The molecule has 0 atom stereocenters. The summed E-state index contributed by atoms with van der Waals surface area (Å²) in [5.74, 6) is 1.11. The fourth-order valence-electron chi connectivity index (χ4n) is 2.71. The number of aryl methyl sites for hydroxylation is 1. The van der Waals surface area contributed by atoms with Crippen molar-refractivity contribution in [1.82, 2.24) is 14.9 Å². The molecule has 7 nitrogen and oxygen atoms in total. The zero-order valence-corrected chi connectivity index (χ0v) is 16.0. The van der Waals surface area contributed by atoms with Crippen LogP contribution in [0.25, 0.3) is 5.70 Å². The van der Waals surface area contributed by atoms with Gasteiger partial charge in [-0.05, 0) is 43.0 Å². The molecule has 1 aromatic heterocycles. The van der Waals surface area contributed by atoms with E-state index in [-0.39, 0.29) is 18.1 Å². The summed E-state index contributed by atoms with van der Waals surface area (Å²) in [5.41, 5.74) is 1.32. The fourth-order valence-corrected chi connectivity index (χ4v) is 3.83. The lowest BCUT2D eigenvalue weighted by Gasteiger charge is -2.32. The molecule has 0 saturated carbocycles. The van der Waals surface area contributed by atoms with E-state index in [0.717, 1.165) is 5.56 Å². The summed E-state index contributed by atoms with van der Waals surface area (Å²) in [5, 5.41) is 10.2. The van der Waals surface area contributed by atoms with E-state index in [1.54, 1.807) is 32.6 Å². The Morgan fingerprint density at radius 1 is 1.12 bits per heavy atom. The van der Waals surface area contributed by atoms with Crippen molar-refractivity contribution in [1.29, 1.82) is 0 Å². The molecule has 0 unspecified atom stereocenters. The zero-order chi connectivity index (χ0) is 18.8. The van der Waals surface area contributed by atoms with Gasteiger partial charge in [-0.3, -0.25) is 9.59 Å². The van der Waals surface area contributed by atoms with Crippen LogP contribution in [0.15, 0.2) is 34.3 Å². The molecule has 0 radical (unpaired) electrons. The summed E-state index contributed by atoms with van der Waals surface area (Å²) < 4.78 is 6.89. The average molecular weight is 372 g/mol. The van der Waals surface area contributed by atoms with Crippen molar-refractivity contribution < 1.29 is 14.3 Å². The van der Waals surface area contributed by atoms with Gasteiger partial charge in [0.05, 0.1) is 17.7 Å². The topological polar surface area (TPSA) is 77.3 Å². The average Bonchev–Trinajstić information content (AvgIpc) is 3.06. The van der Waals surface area contributed by atoms with Gasteiger partial charge in [0, 0.05) is 18.4 Å². The minimum Gasteiger partial charge on any atom is -0.497 e. The number of allylic oxidation sites excluding steroid dienone is 1. The number of hydrogen-bond acceptors (Lipinski definition) is 6. The third-order valence-electron chi connectivity index (χ3n) is 4.06. The summed E-state index contributed by atoms with van der Waals surface area (Å²) in [6.07, 6.45) is 0.623. The maximum absolute atomic E-state index is 12.8. The van der Waals surface area contributed by atoms with E-state index in [1.165, 1.54) is 16.8 Å². The van der Waals surface area contributed by atoms with Gasteiger partial charge in [0.25, 0.3) is 0 Å². The zero-order valence-electron chi connectivity index (χ0n) is 15.1. The Balaban J connectivity index is 2.26. The lowest BCUT2D eigenvalue weighted by atomic mass is 10.1. The van der Waals surface area contributed by atoms with Gasteiger partial charge in [0.2, 0.25) is 11.1 Å². The molecular formula is C18H20N4O3S. The Morgan fingerprint density at radius 3 is 2.38 bits per heavy atom. The number of fused-ring (bicyclic) bond motifs is 1. The molecule has 1 aliphatic rings. The Bertz CT molecular complexity index is 886. The van der Waals surface area contributed by atoms with Crippen molar-refractivity contribution >= 4 is 29.1 Å². The highest BCUT2D eigenvalue weighted by Gasteiger charge is 2.35. The van der Waals surface area contributed by atoms with Crippen LogP contribution < -0.4 is 9.75 Å². The van der Waals surface area contributed by atoms with Crippen LogP contribution in [0.3, 0.4) is 0 Å². The van der Waals surface area contributed by atoms with Gasteiger partial charge >= 0.3 is 0 Å². The van der Waals surface area contributed by atoms with Crippen molar-refractivity contribution in [2.75, 3.05) is 12.1 Å². The smallest absolute Gasteiger partial charge is 0.246 e. The third kappa shape index (κ3) is 3.01. The van der Waals surface area contributed by atoms with Crippen LogP contribution in [0.1, 0.15) is 38.1 Å². The van der Waals surface area contributed by atoms with Gasteiger partial charge in [0.1, 0.15) is 5.75 Å². The lowest BCUT2D eigenvalue weighted by Crippen LogP contribution is -2.42. The fraction of sp³-hybridized carbons (Fsp3) is 0.333. The Morgan fingerprint density at radius 2 is 1.81 bits per heavy atom. The Labute approximate surface area is 156 Å². The van der Waals surface area contributed by atoms with Crippen LogP contribution in [0.2, 0.25) is 0 Å². The number of carbonyl (C=O) groups is 2. The number of carbonyl (C=O) groups excluding carboxylic acids is 2. The maximum Gasteiger partial charge on any atom is 0.246 e. The molecule has 0 saturated heterocycles. The number of aromatic nitrogens is 3. The first-order valence-corrected chi connectivity index (χ1v) is 9.18. The van der Waals surface area contributed by atoms with E-state index >= 15 is 0 Å². The molecule has 136 valence electrons. The highest BCUT2D eigenvalue weighted by Crippen LogP contribution is 2.40. The van der Waals surface area contributed by atoms with Crippen molar-refractivity contribution in [2.24, 2.45) is 0 Å².